The maximum atomic E-state index is 14.5. The second-order valence-corrected chi connectivity index (χ2v) is 5.44. The zero-order valence-electron chi connectivity index (χ0n) is 11.3. The monoisotopic (exact) mass is 329 g/mol. The number of alkyl halides is 4. The first kappa shape index (κ1) is 17.4. The minimum atomic E-state index is -3.75. The fourth-order valence-electron chi connectivity index (χ4n) is 2.00. The lowest BCUT2D eigenvalue weighted by Crippen LogP contribution is -2.62. The Morgan fingerprint density at radius 1 is 1.35 bits per heavy atom. The van der Waals surface area contributed by atoms with Gasteiger partial charge in [0.15, 0.2) is 10.3 Å². The Morgan fingerprint density at radius 2 is 1.95 bits per heavy atom. The average Bonchev–Trinajstić information content (AvgIpc) is 2.35. The van der Waals surface area contributed by atoms with Crippen molar-refractivity contribution in [3.8, 4) is 6.07 Å². The molecule has 20 heavy (non-hydrogen) atoms. The summed E-state index contributed by atoms with van der Waals surface area (Å²) >= 11 is 11.8. The Balaban J connectivity index is 3.51. The fraction of sp³-hybridized carbons (Fsp3) is 0.750. The van der Waals surface area contributed by atoms with E-state index in [0.717, 1.165) is 13.2 Å². The minimum Gasteiger partial charge on any atom is -0.495 e. The summed E-state index contributed by atoms with van der Waals surface area (Å²) in [4.78, 5) is 0. The van der Waals surface area contributed by atoms with Gasteiger partial charge in [-0.25, -0.2) is 0 Å². The molecule has 0 aromatic carbocycles. The van der Waals surface area contributed by atoms with Crippen molar-refractivity contribution in [1.82, 2.24) is 0 Å². The van der Waals surface area contributed by atoms with Gasteiger partial charge in [0.1, 0.15) is 5.76 Å². The minimum absolute atomic E-state index is 0.0605. The molecule has 0 saturated carbocycles. The van der Waals surface area contributed by atoms with Gasteiger partial charge in [-0.05, 0) is 13.8 Å². The number of nitriles is 1. The van der Waals surface area contributed by atoms with Gasteiger partial charge in [0.25, 0.3) is 5.79 Å². The molecule has 4 nitrogen and oxygen atoms in total. The number of allylic oxidation sites excluding steroid dienone is 1. The maximum Gasteiger partial charge on any atom is 0.323 e. The second-order valence-electron chi connectivity index (χ2n) is 4.05. The third-order valence-electron chi connectivity index (χ3n) is 2.93. The summed E-state index contributed by atoms with van der Waals surface area (Å²) in [5.41, 5.74) is 0. The van der Waals surface area contributed by atoms with E-state index < -0.39 is 22.0 Å². The van der Waals surface area contributed by atoms with E-state index in [4.69, 9.17) is 42.7 Å². The number of halogens is 4. The second kappa shape index (κ2) is 6.02. The van der Waals surface area contributed by atoms with Gasteiger partial charge in [0.05, 0.1) is 12.7 Å². The topological polar surface area (TPSA) is 51.5 Å². The van der Waals surface area contributed by atoms with E-state index in [2.05, 4.69) is 0 Å². The first-order valence-corrected chi connectivity index (χ1v) is 6.69. The summed E-state index contributed by atoms with van der Waals surface area (Å²) in [6.45, 7) is 3.24. The highest BCUT2D eigenvalue weighted by Crippen LogP contribution is 2.55. The van der Waals surface area contributed by atoms with Crippen LogP contribution in [0.4, 0.5) is 8.78 Å². The smallest absolute Gasteiger partial charge is 0.323 e. The van der Waals surface area contributed by atoms with Crippen LogP contribution in [-0.2, 0) is 14.2 Å². The predicted molar refractivity (Wildman–Crippen MR) is 69.6 cm³/mol. The Kier molecular flexibility index (Phi) is 5.25. The quantitative estimate of drug-likeness (QED) is 0.574. The molecule has 1 rings (SSSR count). The highest BCUT2D eigenvalue weighted by Gasteiger charge is 2.70. The van der Waals surface area contributed by atoms with Crippen molar-refractivity contribution in [2.45, 2.75) is 29.9 Å². The highest BCUT2D eigenvalue weighted by atomic mass is 35.5. The van der Waals surface area contributed by atoms with Crippen molar-refractivity contribution in [3.05, 3.63) is 11.8 Å². The lowest BCUT2D eigenvalue weighted by molar-refractivity contribution is -0.317. The van der Waals surface area contributed by atoms with Gasteiger partial charge in [-0.1, -0.05) is 23.2 Å². The van der Waals surface area contributed by atoms with Crippen molar-refractivity contribution < 1.29 is 23.0 Å². The Bertz CT molecular complexity index is 437. The molecular weight excluding hydrogens is 315 g/mol. The number of hydrogen-bond donors (Lipinski definition) is 0. The molecule has 0 fully saturated rings. The van der Waals surface area contributed by atoms with E-state index >= 15 is 0 Å². The molecule has 0 amide bonds. The van der Waals surface area contributed by atoms with Gasteiger partial charge in [-0.2, -0.15) is 14.0 Å². The van der Waals surface area contributed by atoms with Gasteiger partial charge in [-0.15, -0.1) is 0 Å². The SMILES string of the molecule is CCOC1=CC(OC)(OCC)C(F)(F)C(C#N)C1(Cl)Cl. The number of hydrogen-bond acceptors (Lipinski definition) is 4. The van der Waals surface area contributed by atoms with Crippen LogP contribution in [0.5, 0.6) is 0 Å². The predicted octanol–water partition coefficient (Wildman–Crippen LogP) is 3.25. The number of ether oxygens (including phenoxy) is 3. The summed E-state index contributed by atoms with van der Waals surface area (Å²) in [6, 6.07) is 1.43. The van der Waals surface area contributed by atoms with Gasteiger partial charge < -0.3 is 14.2 Å². The van der Waals surface area contributed by atoms with Crippen molar-refractivity contribution in [2.24, 2.45) is 5.92 Å². The standard InChI is InChI=1S/C12H15Cl2F2NO3/c1-4-19-9-6-10(18-3,20-5-2)12(15,16)8(7-17)11(9,13)14/h6,8H,4-5H2,1-3H3. The maximum absolute atomic E-state index is 14.5. The number of nitrogens with zero attached hydrogens (tertiary/aromatic N) is 1. The Hall–Kier alpha value is -0.610. The molecule has 1 aliphatic carbocycles. The summed E-state index contributed by atoms with van der Waals surface area (Å²) < 4.78 is 42.0. The molecule has 0 heterocycles. The molecule has 1 aliphatic rings. The van der Waals surface area contributed by atoms with Crippen molar-refractivity contribution >= 4 is 23.2 Å². The molecular formula is C12H15Cl2F2NO3. The van der Waals surface area contributed by atoms with Crippen LogP contribution in [0.15, 0.2) is 11.8 Å². The third-order valence-corrected chi connectivity index (χ3v) is 3.74. The van der Waals surface area contributed by atoms with Crippen LogP contribution in [0.1, 0.15) is 13.8 Å². The van der Waals surface area contributed by atoms with Crippen LogP contribution in [0.3, 0.4) is 0 Å². The van der Waals surface area contributed by atoms with Gasteiger partial charge in [0, 0.05) is 19.8 Å². The summed E-state index contributed by atoms with van der Waals surface area (Å²) in [5.74, 6) is -8.47. The van der Waals surface area contributed by atoms with Gasteiger partial charge in [-0.3, -0.25) is 0 Å². The molecule has 0 aliphatic heterocycles. The van der Waals surface area contributed by atoms with Crippen LogP contribution in [0.25, 0.3) is 0 Å². The molecule has 114 valence electrons. The summed E-state index contributed by atoms with van der Waals surface area (Å²) in [7, 11) is 1.05. The van der Waals surface area contributed by atoms with Crippen LogP contribution in [0, 0.1) is 17.2 Å². The molecule has 0 spiro atoms. The van der Waals surface area contributed by atoms with E-state index in [0.29, 0.717) is 0 Å². The highest BCUT2D eigenvalue weighted by molar-refractivity contribution is 6.50. The summed E-state index contributed by atoms with van der Waals surface area (Å²) in [5, 5.41) is 9.05. The molecule has 0 N–H and O–H groups in total. The van der Waals surface area contributed by atoms with E-state index in [1.54, 1.807) is 6.92 Å². The van der Waals surface area contributed by atoms with Crippen molar-refractivity contribution in [3.63, 3.8) is 0 Å². The van der Waals surface area contributed by atoms with Crippen molar-refractivity contribution in [2.75, 3.05) is 20.3 Å². The average molecular weight is 330 g/mol. The molecule has 8 heteroatoms. The van der Waals surface area contributed by atoms with Gasteiger partial charge >= 0.3 is 5.92 Å². The lowest BCUT2D eigenvalue weighted by Gasteiger charge is -2.45. The van der Waals surface area contributed by atoms with E-state index in [1.807, 2.05) is 0 Å². The molecule has 0 aromatic heterocycles. The zero-order valence-corrected chi connectivity index (χ0v) is 12.8. The van der Waals surface area contributed by atoms with Crippen LogP contribution in [0.2, 0.25) is 0 Å². The molecule has 0 aromatic rings. The van der Waals surface area contributed by atoms with Crippen LogP contribution >= 0.6 is 23.2 Å². The number of methoxy groups -OCH3 is 1. The largest absolute Gasteiger partial charge is 0.495 e. The first-order valence-electron chi connectivity index (χ1n) is 5.94. The normalized spacial score (nSPS) is 31.3. The summed E-state index contributed by atoms with van der Waals surface area (Å²) in [6.07, 6.45) is 0.897. The van der Waals surface area contributed by atoms with E-state index in [1.165, 1.54) is 13.0 Å². The zero-order chi connectivity index (χ0) is 15.6. The Labute approximate surface area is 126 Å². The fourth-order valence-corrected chi connectivity index (χ4v) is 2.59. The first-order chi connectivity index (χ1) is 9.23. The molecule has 2 unspecified atom stereocenters. The number of rotatable bonds is 5. The molecule has 2 atom stereocenters. The van der Waals surface area contributed by atoms with E-state index in [-0.39, 0.29) is 19.0 Å². The Morgan fingerprint density at radius 3 is 2.35 bits per heavy atom. The van der Waals surface area contributed by atoms with Crippen molar-refractivity contribution in [1.29, 1.82) is 5.26 Å². The lowest BCUT2D eigenvalue weighted by atomic mass is 9.84. The van der Waals surface area contributed by atoms with Crippen LogP contribution < -0.4 is 0 Å². The molecule has 0 radical (unpaired) electrons. The van der Waals surface area contributed by atoms with Crippen LogP contribution in [-0.4, -0.2) is 36.4 Å². The molecule has 0 bridgehead atoms. The molecule has 0 saturated heterocycles. The third kappa shape index (κ3) is 2.48. The van der Waals surface area contributed by atoms with Gasteiger partial charge in [0.2, 0.25) is 0 Å². The van der Waals surface area contributed by atoms with E-state index in [9.17, 15) is 8.78 Å².